The van der Waals surface area contributed by atoms with Gasteiger partial charge in [0.15, 0.2) is 0 Å². The fourth-order valence-electron chi connectivity index (χ4n) is 3.55. The van der Waals surface area contributed by atoms with Gasteiger partial charge in [-0.15, -0.1) is 0 Å². The molecule has 0 aromatic heterocycles. The van der Waals surface area contributed by atoms with Crippen LogP contribution in [0.15, 0.2) is 59.1 Å². The Kier molecular flexibility index (Phi) is 5.19. The molecule has 1 aliphatic carbocycles. The van der Waals surface area contributed by atoms with Gasteiger partial charge in [-0.1, -0.05) is 34.1 Å². The molecule has 0 bridgehead atoms. The van der Waals surface area contributed by atoms with Crippen LogP contribution in [0.2, 0.25) is 0 Å². The molecule has 1 saturated heterocycles. The second-order valence-electron chi connectivity index (χ2n) is 6.93. The molecule has 2 N–H and O–H groups in total. The molecule has 1 aliphatic heterocycles. The van der Waals surface area contributed by atoms with E-state index in [1.54, 1.807) is 24.3 Å². The molecule has 2 aliphatic rings. The third-order valence-electron chi connectivity index (χ3n) is 5.07. The number of anilines is 2. The molecule has 1 heterocycles. The average molecular weight is 458 g/mol. The predicted molar refractivity (Wildman–Crippen MR) is 109 cm³/mol. The van der Waals surface area contributed by atoms with Gasteiger partial charge in [-0.3, -0.25) is 19.8 Å². The van der Waals surface area contributed by atoms with Crippen molar-refractivity contribution in [2.45, 2.75) is 12.8 Å². The van der Waals surface area contributed by atoms with Gasteiger partial charge < -0.3 is 5.32 Å². The summed E-state index contributed by atoms with van der Waals surface area (Å²) in [4.78, 5) is 37.9. The Bertz CT molecular complexity index is 1040. The molecule has 2 atom stereocenters. The summed E-state index contributed by atoms with van der Waals surface area (Å²) in [6.07, 6.45) is 4.87. The highest BCUT2D eigenvalue weighted by Gasteiger charge is 2.42. The van der Waals surface area contributed by atoms with Gasteiger partial charge in [0.1, 0.15) is 5.82 Å². The minimum Gasteiger partial charge on any atom is -0.319 e. The maximum absolute atomic E-state index is 14.0. The minimum atomic E-state index is -0.571. The molecule has 4 rings (SSSR count). The molecule has 1 fully saturated rings. The molecule has 8 heteroatoms. The van der Waals surface area contributed by atoms with Gasteiger partial charge in [0.2, 0.25) is 11.8 Å². The van der Waals surface area contributed by atoms with Crippen molar-refractivity contribution in [3.8, 4) is 0 Å². The molecular formula is C21H17BrFN3O3. The number of benzene rings is 2. The summed E-state index contributed by atoms with van der Waals surface area (Å²) in [5.74, 6) is -2.30. The van der Waals surface area contributed by atoms with E-state index in [9.17, 15) is 18.8 Å². The number of allylic oxidation sites excluding steroid dienone is 2. The Labute approximate surface area is 174 Å². The van der Waals surface area contributed by atoms with E-state index in [4.69, 9.17) is 0 Å². The Balaban J connectivity index is 1.57. The highest BCUT2D eigenvalue weighted by atomic mass is 79.9. The van der Waals surface area contributed by atoms with E-state index in [0.29, 0.717) is 23.0 Å². The normalized spacial score (nSPS) is 20.8. The van der Waals surface area contributed by atoms with E-state index in [1.807, 2.05) is 12.2 Å². The fourth-order valence-corrected chi connectivity index (χ4v) is 3.89. The van der Waals surface area contributed by atoms with Gasteiger partial charge in [0.25, 0.3) is 5.91 Å². The molecule has 0 spiro atoms. The van der Waals surface area contributed by atoms with Crippen LogP contribution in [0.3, 0.4) is 0 Å². The predicted octanol–water partition coefficient (Wildman–Crippen LogP) is 3.80. The summed E-state index contributed by atoms with van der Waals surface area (Å²) < 4.78 is 14.6. The smallest absolute Gasteiger partial charge is 0.255 e. The maximum atomic E-state index is 14.0. The molecule has 2 aromatic carbocycles. The van der Waals surface area contributed by atoms with Crippen molar-refractivity contribution in [2.75, 3.05) is 10.3 Å². The van der Waals surface area contributed by atoms with Crippen molar-refractivity contribution < 1.29 is 18.8 Å². The van der Waals surface area contributed by atoms with E-state index >= 15 is 0 Å². The number of rotatable bonds is 3. The summed E-state index contributed by atoms with van der Waals surface area (Å²) in [5.41, 5.74) is 3.28. The first-order valence-electron chi connectivity index (χ1n) is 9.10. The number of nitrogens with one attached hydrogen (secondary N) is 2. The molecule has 0 saturated carbocycles. The number of hydrogen-bond acceptors (Lipinski definition) is 3. The highest BCUT2D eigenvalue weighted by Crippen LogP contribution is 2.32. The van der Waals surface area contributed by atoms with Crippen LogP contribution in [-0.2, 0) is 9.59 Å². The summed E-state index contributed by atoms with van der Waals surface area (Å²) in [7, 11) is 0. The molecule has 6 nitrogen and oxygen atoms in total. The molecule has 2 aromatic rings. The first-order valence-corrected chi connectivity index (χ1v) is 9.89. The van der Waals surface area contributed by atoms with Gasteiger partial charge in [-0.25, -0.2) is 9.40 Å². The van der Waals surface area contributed by atoms with Gasteiger partial charge >= 0.3 is 0 Å². The van der Waals surface area contributed by atoms with Crippen LogP contribution in [0.25, 0.3) is 0 Å². The van der Waals surface area contributed by atoms with Gasteiger partial charge in [-0.05, 0) is 49.2 Å². The number of amides is 3. The quantitative estimate of drug-likeness (QED) is 0.687. The third kappa shape index (κ3) is 3.80. The molecule has 29 heavy (non-hydrogen) atoms. The first-order chi connectivity index (χ1) is 13.9. The molecule has 148 valence electrons. The molecular weight excluding hydrogens is 441 g/mol. The number of carbonyl (C=O) groups excluding carboxylic acids is 3. The standard InChI is InChI=1S/C21H17BrFN3O3/c22-13-8-9-18(17(23)11-13)24-19(27)12-4-3-5-14(10-12)26-21(29)16-7-2-1-6-15(16)20(28)25-26/h1-5,8-11,15-16H,6-7H2,(H,24,27)(H,25,28). The van der Waals surface area contributed by atoms with Crippen molar-refractivity contribution in [1.82, 2.24) is 5.43 Å². The second kappa shape index (κ2) is 7.79. The van der Waals surface area contributed by atoms with Crippen LogP contribution in [0.1, 0.15) is 23.2 Å². The Morgan fingerprint density at radius 1 is 1.10 bits per heavy atom. The van der Waals surface area contributed by atoms with Crippen LogP contribution in [-0.4, -0.2) is 17.7 Å². The van der Waals surface area contributed by atoms with Crippen LogP contribution in [0, 0.1) is 17.7 Å². The van der Waals surface area contributed by atoms with E-state index in [1.165, 1.54) is 23.2 Å². The third-order valence-corrected chi connectivity index (χ3v) is 5.57. The molecule has 2 unspecified atom stereocenters. The van der Waals surface area contributed by atoms with Gasteiger partial charge in [-0.2, -0.15) is 0 Å². The Morgan fingerprint density at radius 2 is 1.86 bits per heavy atom. The van der Waals surface area contributed by atoms with E-state index in [2.05, 4.69) is 26.7 Å². The van der Waals surface area contributed by atoms with Crippen molar-refractivity contribution in [1.29, 1.82) is 0 Å². The lowest BCUT2D eigenvalue weighted by Gasteiger charge is -2.38. The number of fused-ring (bicyclic) bond motifs is 1. The van der Waals surface area contributed by atoms with Gasteiger partial charge in [0.05, 0.1) is 23.2 Å². The Hall–Kier alpha value is -3.00. The zero-order valence-corrected chi connectivity index (χ0v) is 16.8. The maximum Gasteiger partial charge on any atom is 0.255 e. The monoisotopic (exact) mass is 457 g/mol. The van der Waals surface area contributed by atoms with Crippen molar-refractivity contribution in [3.05, 3.63) is 70.5 Å². The minimum absolute atomic E-state index is 0.0442. The lowest BCUT2D eigenvalue weighted by Crippen LogP contribution is -2.59. The number of nitrogens with zero attached hydrogens (tertiary/aromatic N) is 1. The largest absolute Gasteiger partial charge is 0.319 e. The van der Waals surface area contributed by atoms with Crippen LogP contribution >= 0.6 is 15.9 Å². The molecule has 0 radical (unpaired) electrons. The van der Waals surface area contributed by atoms with Crippen LogP contribution < -0.4 is 15.8 Å². The number of hydrazine groups is 1. The first kappa shape index (κ1) is 19.3. The lowest BCUT2D eigenvalue weighted by atomic mass is 9.80. The Morgan fingerprint density at radius 3 is 2.62 bits per heavy atom. The fraction of sp³-hybridized carbons (Fsp3) is 0.190. The lowest BCUT2D eigenvalue weighted by molar-refractivity contribution is -0.139. The summed E-state index contributed by atoms with van der Waals surface area (Å²) in [5, 5.41) is 3.71. The van der Waals surface area contributed by atoms with Crippen molar-refractivity contribution in [2.24, 2.45) is 11.8 Å². The van der Waals surface area contributed by atoms with Crippen LogP contribution in [0.4, 0.5) is 15.8 Å². The van der Waals surface area contributed by atoms with Crippen LogP contribution in [0.5, 0.6) is 0 Å². The topological polar surface area (TPSA) is 78.5 Å². The molecule has 3 amide bonds. The summed E-state index contributed by atoms with van der Waals surface area (Å²) in [6.45, 7) is 0. The number of halogens is 2. The second-order valence-corrected chi connectivity index (χ2v) is 7.85. The summed E-state index contributed by atoms with van der Waals surface area (Å²) >= 11 is 3.17. The van der Waals surface area contributed by atoms with Gasteiger partial charge in [0, 0.05) is 10.0 Å². The van der Waals surface area contributed by atoms with Crippen molar-refractivity contribution in [3.63, 3.8) is 0 Å². The number of hydrogen-bond donors (Lipinski definition) is 2. The average Bonchev–Trinajstić information content (AvgIpc) is 2.73. The van der Waals surface area contributed by atoms with E-state index < -0.39 is 17.6 Å². The highest BCUT2D eigenvalue weighted by molar-refractivity contribution is 9.10. The SMILES string of the molecule is O=C(Nc1ccc(Br)cc1F)c1cccc(N2NC(=O)C3CC=CCC3C2=O)c1. The zero-order valence-electron chi connectivity index (χ0n) is 15.2. The van der Waals surface area contributed by atoms with E-state index in [-0.39, 0.29) is 29.0 Å². The zero-order chi connectivity index (χ0) is 20.5. The summed E-state index contributed by atoms with van der Waals surface area (Å²) in [6, 6.07) is 10.6. The number of carbonyl (C=O) groups is 3. The van der Waals surface area contributed by atoms with Crippen molar-refractivity contribution >= 4 is 45.0 Å². The van der Waals surface area contributed by atoms with E-state index in [0.717, 1.165) is 0 Å².